The van der Waals surface area contributed by atoms with Gasteiger partial charge in [-0.2, -0.15) is 0 Å². The van der Waals surface area contributed by atoms with Crippen molar-refractivity contribution in [3.05, 3.63) is 30.3 Å². The highest BCUT2D eigenvalue weighted by atomic mass is 32.2. The number of rotatable bonds is 2. The van der Waals surface area contributed by atoms with Crippen LogP contribution < -0.4 is 16.1 Å². The summed E-state index contributed by atoms with van der Waals surface area (Å²) in [5.74, 6) is 0.222. The Morgan fingerprint density at radius 1 is 1.35 bits per heavy atom. The fraction of sp³-hybridized carbons (Fsp3) is 0.100. The first-order valence-corrected chi connectivity index (χ1v) is 5.85. The van der Waals surface area contributed by atoms with E-state index in [0.717, 1.165) is 0 Å². The van der Waals surface area contributed by atoms with Crippen LogP contribution in [0.2, 0.25) is 0 Å². The maximum atomic E-state index is 11.4. The molecule has 1 aromatic carbocycles. The normalized spacial score (nSPS) is 16.7. The van der Waals surface area contributed by atoms with Crippen molar-refractivity contribution >= 4 is 34.6 Å². The van der Waals surface area contributed by atoms with Crippen LogP contribution in [0.3, 0.4) is 0 Å². The summed E-state index contributed by atoms with van der Waals surface area (Å²) < 4.78 is 0. The van der Waals surface area contributed by atoms with Crippen LogP contribution in [0.4, 0.5) is 10.5 Å². The highest BCUT2D eigenvalue weighted by molar-refractivity contribution is 8.15. The Bertz CT molecular complexity index is 461. The number of hydrogen-bond donors (Lipinski definition) is 3. The molecule has 0 bridgehead atoms. The van der Waals surface area contributed by atoms with E-state index < -0.39 is 6.03 Å². The van der Waals surface area contributed by atoms with Gasteiger partial charge in [-0.3, -0.25) is 4.79 Å². The molecule has 0 atom stereocenters. The Hall–Kier alpha value is -2.02. The summed E-state index contributed by atoms with van der Waals surface area (Å²) in [6, 6.07) is 8.56. The van der Waals surface area contributed by atoms with Crippen LogP contribution in [0.25, 0.3) is 0 Å². The Balaban J connectivity index is 1.84. The molecule has 1 aromatic rings. The minimum absolute atomic E-state index is 0.112. The Labute approximate surface area is 102 Å². The molecule has 3 N–H and O–H groups in total. The quantitative estimate of drug-likeness (QED) is 0.683. The number of amidine groups is 1. The summed E-state index contributed by atoms with van der Waals surface area (Å²) in [7, 11) is 0. The standard InChI is InChI=1S/C10H10N4O2S/c15-8-6-17-10(12-8)14-13-9(16)11-7-4-2-1-3-5-7/h1-5H,6H2,(H2,11,13,16)(H,12,14,15). The summed E-state index contributed by atoms with van der Waals surface area (Å²) >= 11 is 1.25. The van der Waals surface area contributed by atoms with E-state index in [0.29, 0.717) is 16.6 Å². The second-order valence-electron chi connectivity index (χ2n) is 3.19. The number of anilines is 1. The van der Waals surface area contributed by atoms with Crippen LogP contribution in [0, 0.1) is 0 Å². The zero-order valence-electron chi connectivity index (χ0n) is 8.77. The molecule has 7 heteroatoms. The number of benzene rings is 1. The van der Waals surface area contributed by atoms with E-state index in [1.54, 1.807) is 12.1 Å². The van der Waals surface area contributed by atoms with Crippen LogP contribution in [0.15, 0.2) is 35.4 Å². The van der Waals surface area contributed by atoms with Crippen molar-refractivity contribution in [2.45, 2.75) is 0 Å². The number of urea groups is 1. The lowest BCUT2D eigenvalue weighted by atomic mass is 10.3. The lowest BCUT2D eigenvalue weighted by molar-refractivity contribution is -0.116. The van der Waals surface area contributed by atoms with Crippen molar-refractivity contribution in [2.24, 2.45) is 5.10 Å². The SMILES string of the molecule is O=C1CSC(=NNC(=O)Nc2ccccc2)N1. The van der Waals surface area contributed by atoms with Gasteiger partial charge in [0.05, 0.1) is 5.75 Å². The minimum atomic E-state index is -0.453. The summed E-state index contributed by atoms with van der Waals surface area (Å²) in [6.07, 6.45) is 0. The highest BCUT2D eigenvalue weighted by Gasteiger charge is 2.16. The number of nitrogens with zero attached hydrogens (tertiary/aromatic N) is 1. The second-order valence-corrected chi connectivity index (χ2v) is 4.15. The number of hydrazone groups is 1. The second kappa shape index (κ2) is 5.35. The molecular weight excluding hydrogens is 240 g/mol. The van der Waals surface area contributed by atoms with Crippen molar-refractivity contribution in [3.63, 3.8) is 0 Å². The van der Waals surface area contributed by atoms with Crippen molar-refractivity contribution in [1.82, 2.24) is 10.7 Å². The zero-order chi connectivity index (χ0) is 12.1. The molecule has 0 unspecified atom stereocenters. The maximum Gasteiger partial charge on any atom is 0.339 e. The molecule has 0 saturated carbocycles. The Morgan fingerprint density at radius 3 is 2.76 bits per heavy atom. The molecule has 0 aromatic heterocycles. The number of nitrogens with one attached hydrogen (secondary N) is 3. The highest BCUT2D eigenvalue weighted by Crippen LogP contribution is 2.08. The lowest BCUT2D eigenvalue weighted by Crippen LogP contribution is -2.28. The lowest BCUT2D eigenvalue weighted by Gasteiger charge is -2.03. The van der Waals surface area contributed by atoms with Gasteiger partial charge in [-0.05, 0) is 12.1 Å². The van der Waals surface area contributed by atoms with E-state index in [1.165, 1.54) is 11.8 Å². The van der Waals surface area contributed by atoms with Gasteiger partial charge in [0.2, 0.25) is 5.91 Å². The van der Waals surface area contributed by atoms with Crippen molar-refractivity contribution in [1.29, 1.82) is 0 Å². The molecule has 0 spiro atoms. The smallest absolute Gasteiger partial charge is 0.307 e. The molecule has 1 aliphatic rings. The van der Waals surface area contributed by atoms with Gasteiger partial charge in [0.1, 0.15) is 0 Å². The fourth-order valence-electron chi connectivity index (χ4n) is 1.17. The van der Waals surface area contributed by atoms with E-state index in [9.17, 15) is 9.59 Å². The molecular formula is C10H10N4O2S. The average Bonchev–Trinajstić information content (AvgIpc) is 2.74. The summed E-state index contributed by atoms with van der Waals surface area (Å²) in [4.78, 5) is 22.2. The molecule has 88 valence electrons. The van der Waals surface area contributed by atoms with E-state index >= 15 is 0 Å². The minimum Gasteiger partial charge on any atom is -0.307 e. The van der Waals surface area contributed by atoms with E-state index in [-0.39, 0.29) is 5.91 Å². The molecule has 1 aliphatic heterocycles. The van der Waals surface area contributed by atoms with Crippen LogP contribution in [-0.2, 0) is 4.79 Å². The molecule has 0 radical (unpaired) electrons. The number of carbonyl (C=O) groups excluding carboxylic acids is 2. The summed E-state index contributed by atoms with van der Waals surface area (Å²) in [5, 5.41) is 9.26. The summed E-state index contributed by atoms with van der Waals surface area (Å²) in [6.45, 7) is 0. The average molecular weight is 250 g/mol. The van der Waals surface area contributed by atoms with Gasteiger partial charge in [0.25, 0.3) is 0 Å². The third-order valence-electron chi connectivity index (χ3n) is 1.88. The number of thioether (sulfide) groups is 1. The van der Waals surface area contributed by atoms with Gasteiger partial charge < -0.3 is 10.6 Å². The largest absolute Gasteiger partial charge is 0.339 e. The first-order valence-electron chi connectivity index (χ1n) is 4.86. The Kier molecular flexibility index (Phi) is 3.61. The number of para-hydroxylation sites is 1. The molecule has 2 rings (SSSR count). The van der Waals surface area contributed by atoms with Crippen LogP contribution in [0.1, 0.15) is 0 Å². The molecule has 6 nitrogen and oxygen atoms in total. The predicted octanol–water partition coefficient (Wildman–Crippen LogP) is 0.942. The summed E-state index contributed by atoms with van der Waals surface area (Å²) in [5.41, 5.74) is 2.97. The Morgan fingerprint density at radius 2 is 2.12 bits per heavy atom. The topological polar surface area (TPSA) is 82.6 Å². The van der Waals surface area contributed by atoms with Gasteiger partial charge in [0, 0.05) is 5.69 Å². The fourth-order valence-corrected chi connectivity index (χ4v) is 1.80. The van der Waals surface area contributed by atoms with Gasteiger partial charge in [0.15, 0.2) is 5.17 Å². The predicted molar refractivity (Wildman–Crippen MR) is 66.6 cm³/mol. The molecule has 0 aliphatic carbocycles. The number of carbonyl (C=O) groups is 2. The number of amides is 3. The molecule has 1 saturated heterocycles. The van der Waals surface area contributed by atoms with Crippen LogP contribution >= 0.6 is 11.8 Å². The van der Waals surface area contributed by atoms with E-state index in [1.807, 2.05) is 18.2 Å². The zero-order valence-corrected chi connectivity index (χ0v) is 9.58. The first-order chi connectivity index (χ1) is 8.24. The molecule has 1 fully saturated rings. The van der Waals surface area contributed by atoms with Gasteiger partial charge in [-0.15, -0.1) is 5.10 Å². The maximum absolute atomic E-state index is 11.4. The van der Waals surface area contributed by atoms with Crippen molar-refractivity contribution in [2.75, 3.05) is 11.1 Å². The number of hydrogen-bond acceptors (Lipinski definition) is 4. The van der Waals surface area contributed by atoms with Gasteiger partial charge >= 0.3 is 6.03 Å². The molecule has 17 heavy (non-hydrogen) atoms. The third kappa shape index (κ3) is 3.49. The van der Waals surface area contributed by atoms with E-state index in [2.05, 4.69) is 21.2 Å². The van der Waals surface area contributed by atoms with Gasteiger partial charge in [-0.1, -0.05) is 30.0 Å². The van der Waals surface area contributed by atoms with Crippen LogP contribution in [0.5, 0.6) is 0 Å². The van der Waals surface area contributed by atoms with Crippen LogP contribution in [-0.4, -0.2) is 22.9 Å². The molecule has 3 amide bonds. The first kappa shape index (κ1) is 11.5. The monoisotopic (exact) mass is 250 g/mol. The molecule has 1 heterocycles. The van der Waals surface area contributed by atoms with E-state index in [4.69, 9.17) is 0 Å². The third-order valence-corrected chi connectivity index (χ3v) is 2.75. The van der Waals surface area contributed by atoms with Crippen molar-refractivity contribution in [3.8, 4) is 0 Å². The van der Waals surface area contributed by atoms with Gasteiger partial charge in [-0.25, -0.2) is 10.2 Å². The van der Waals surface area contributed by atoms with Crippen molar-refractivity contribution < 1.29 is 9.59 Å².